The quantitative estimate of drug-likeness (QED) is 0.0204. The van der Waals surface area contributed by atoms with E-state index in [-0.39, 0.29) is 12.5 Å². The molecule has 0 aromatic carbocycles. The normalized spacial score (nSPS) is 23.4. The van der Waals surface area contributed by atoms with E-state index >= 15 is 0 Å². The molecule has 2 rings (SSSR count). The van der Waals surface area contributed by atoms with Gasteiger partial charge in [-0.3, -0.25) is 4.79 Å². The Kier molecular flexibility index (Phi) is 55.9. The van der Waals surface area contributed by atoms with Crippen LogP contribution in [-0.4, -0.2) is 140 Å². The van der Waals surface area contributed by atoms with Crippen molar-refractivity contribution in [3.05, 3.63) is 97.2 Å². The first-order valence-electron chi connectivity index (χ1n) is 37.0. The van der Waals surface area contributed by atoms with Gasteiger partial charge in [0.25, 0.3) is 0 Å². The summed E-state index contributed by atoms with van der Waals surface area (Å²) in [6, 6.07) is -0.833. The number of allylic oxidation sites excluding steroid dienone is 16. The zero-order valence-corrected chi connectivity index (χ0v) is 57.3. The average molecular weight is 1280 g/mol. The van der Waals surface area contributed by atoms with Gasteiger partial charge in [-0.1, -0.05) is 304 Å². The summed E-state index contributed by atoms with van der Waals surface area (Å²) in [6.45, 7) is 2.77. The lowest BCUT2D eigenvalue weighted by molar-refractivity contribution is -0.359. The summed E-state index contributed by atoms with van der Waals surface area (Å²) in [7, 11) is 0. The standard InChI is InChI=1S/C77H135NO13/c1-3-5-7-9-11-13-15-17-19-21-22-23-24-25-26-27-28-29-30-31-32-33-34-35-36-37-38-39-40-41-42-43-44-45-47-49-51-53-55-57-59-61-69(82)78-65(66(81)60-58-56-54-52-50-48-46-20-18-16-14-12-10-8-6-4-2)64-88-76-74(87)72(85)75(68(63-80)90-76)91-77-73(86)71(84)70(83)67(62-79)89-77/h5,7,11,13,17,19,22-23,25-26,28-29,31-32,34-35,65-68,70-77,79-81,83-87H,3-4,6,8-10,12,14-16,18,20-21,24,27,30,33,36-64H2,1-2H3,(H,78,82)/b7-5-,13-11-,19-17-,23-22-,26-25-,29-28-,32-31-,35-34-. The van der Waals surface area contributed by atoms with Crippen LogP contribution in [0, 0.1) is 0 Å². The number of rotatable bonds is 60. The van der Waals surface area contributed by atoms with E-state index in [4.69, 9.17) is 18.9 Å². The molecule has 9 N–H and O–H groups in total. The van der Waals surface area contributed by atoms with Gasteiger partial charge in [0, 0.05) is 6.42 Å². The van der Waals surface area contributed by atoms with Gasteiger partial charge in [-0.25, -0.2) is 0 Å². The van der Waals surface area contributed by atoms with E-state index in [1.807, 2.05) is 0 Å². The number of nitrogens with one attached hydrogen (secondary N) is 1. The summed E-state index contributed by atoms with van der Waals surface area (Å²) in [5, 5.41) is 87.6. The minimum absolute atomic E-state index is 0.206. The van der Waals surface area contributed by atoms with Crippen molar-refractivity contribution in [3.8, 4) is 0 Å². The highest BCUT2D eigenvalue weighted by Gasteiger charge is 2.51. The minimum atomic E-state index is -1.78. The first-order chi connectivity index (χ1) is 44.6. The maximum Gasteiger partial charge on any atom is 0.220 e. The van der Waals surface area contributed by atoms with Gasteiger partial charge in [0.15, 0.2) is 12.6 Å². The van der Waals surface area contributed by atoms with E-state index in [0.717, 1.165) is 103 Å². The average Bonchev–Trinajstić information content (AvgIpc) is 1.24. The third-order valence-electron chi connectivity index (χ3n) is 17.6. The second kappa shape index (κ2) is 60.6. The summed E-state index contributed by atoms with van der Waals surface area (Å²) in [5.74, 6) is -0.206. The number of carbonyl (C=O) groups is 1. The van der Waals surface area contributed by atoms with Crippen molar-refractivity contribution in [1.29, 1.82) is 0 Å². The van der Waals surface area contributed by atoms with Gasteiger partial charge in [0.2, 0.25) is 5.91 Å². The van der Waals surface area contributed by atoms with Crippen molar-refractivity contribution in [2.45, 2.75) is 364 Å². The van der Waals surface area contributed by atoms with Gasteiger partial charge in [-0.15, -0.1) is 0 Å². The second-order valence-electron chi connectivity index (χ2n) is 25.7. The Labute approximate surface area is 553 Å². The van der Waals surface area contributed by atoms with Crippen molar-refractivity contribution in [2.24, 2.45) is 0 Å². The van der Waals surface area contributed by atoms with Crippen LogP contribution < -0.4 is 5.32 Å². The molecule has 1 amide bonds. The maximum absolute atomic E-state index is 13.4. The molecule has 2 aliphatic heterocycles. The van der Waals surface area contributed by atoms with E-state index in [1.165, 1.54) is 161 Å². The first-order valence-corrected chi connectivity index (χ1v) is 37.0. The van der Waals surface area contributed by atoms with Crippen LogP contribution in [0.2, 0.25) is 0 Å². The molecule has 2 fully saturated rings. The minimum Gasteiger partial charge on any atom is -0.394 e. The summed E-state index contributed by atoms with van der Waals surface area (Å²) < 4.78 is 22.9. The fraction of sp³-hybridized carbons (Fsp3) is 0.779. The Balaban J connectivity index is 1.57. The molecule has 0 aliphatic carbocycles. The molecule has 0 spiro atoms. The monoisotopic (exact) mass is 1280 g/mol. The lowest BCUT2D eigenvalue weighted by atomic mass is 9.97. The molecule has 526 valence electrons. The molecule has 12 atom stereocenters. The number of hydrogen-bond donors (Lipinski definition) is 9. The Morgan fingerprint density at radius 1 is 0.407 bits per heavy atom. The molecule has 0 radical (unpaired) electrons. The lowest BCUT2D eigenvalue weighted by Crippen LogP contribution is -2.65. The summed E-state index contributed by atoms with van der Waals surface area (Å²) in [5.41, 5.74) is 0. The van der Waals surface area contributed by atoms with Crippen LogP contribution in [0.1, 0.15) is 290 Å². The fourth-order valence-corrected chi connectivity index (χ4v) is 11.7. The molecular weight excluding hydrogens is 1150 g/mol. The van der Waals surface area contributed by atoms with Crippen molar-refractivity contribution in [1.82, 2.24) is 5.32 Å². The molecule has 2 saturated heterocycles. The van der Waals surface area contributed by atoms with Crippen LogP contribution in [0.15, 0.2) is 97.2 Å². The van der Waals surface area contributed by atoms with Crippen LogP contribution in [0.25, 0.3) is 0 Å². The van der Waals surface area contributed by atoms with E-state index in [1.54, 1.807) is 0 Å². The van der Waals surface area contributed by atoms with Crippen LogP contribution in [0.5, 0.6) is 0 Å². The van der Waals surface area contributed by atoms with Crippen molar-refractivity contribution in [2.75, 3.05) is 19.8 Å². The van der Waals surface area contributed by atoms with Gasteiger partial charge < -0.3 is 65.1 Å². The molecular formula is C77H135NO13. The largest absolute Gasteiger partial charge is 0.394 e. The van der Waals surface area contributed by atoms with E-state index in [9.17, 15) is 45.6 Å². The number of amides is 1. The molecule has 14 nitrogen and oxygen atoms in total. The van der Waals surface area contributed by atoms with Crippen LogP contribution in [-0.2, 0) is 23.7 Å². The SMILES string of the molecule is CC/C=C\C/C=C\C/C=C\C/C=C\C/C=C\C/C=C\C/C=C\C/C=C\CCCCCCCCCCCCCCCCCCC(=O)NC(COC1OC(CO)C(OC2OC(CO)C(O)C(O)C2O)C(O)C1O)C(O)CCCCCCCCCCCCCCCCCC. The predicted octanol–water partition coefficient (Wildman–Crippen LogP) is 15.7. The number of carbonyl (C=O) groups excluding carboxylic acids is 1. The smallest absolute Gasteiger partial charge is 0.220 e. The second-order valence-corrected chi connectivity index (χ2v) is 25.7. The Morgan fingerprint density at radius 3 is 1.16 bits per heavy atom. The zero-order valence-electron chi connectivity index (χ0n) is 57.3. The topological polar surface area (TPSA) is 228 Å². The summed E-state index contributed by atoms with van der Waals surface area (Å²) in [6.07, 6.45) is 68.6. The highest BCUT2D eigenvalue weighted by atomic mass is 16.7. The molecule has 91 heavy (non-hydrogen) atoms. The van der Waals surface area contributed by atoms with Crippen molar-refractivity contribution >= 4 is 5.91 Å². The number of hydrogen-bond acceptors (Lipinski definition) is 13. The van der Waals surface area contributed by atoms with Gasteiger partial charge >= 0.3 is 0 Å². The number of ether oxygens (including phenoxy) is 4. The van der Waals surface area contributed by atoms with Crippen LogP contribution in [0.4, 0.5) is 0 Å². The molecule has 2 heterocycles. The number of unbranched alkanes of at least 4 members (excludes halogenated alkanes) is 31. The molecule has 0 aromatic heterocycles. The third kappa shape index (κ3) is 44.3. The fourth-order valence-electron chi connectivity index (χ4n) is 11.7. The Bertz CT molecular complexity index is 1900. The van der Waals surface area contributed by atoms with Gasteiger partial charge in [-0.05, 0) is 77.0 Å². The summed E-state index contributed by atoms with van der Waals surface area (Å²) in [4.78, 5) is 13.4. The highest BCUT2D eigenvalue weighted by molar-refractivity contribution is 5.76. The maximum atomic E-state index is 13.4. The van der Waals surface area contributed by atoms with Crippen LogP contribution >= 0.6 is 0 Å². The predicted molar refractivity (Wildman–Crippen MR) is 373 cm³/mol. The summed E-state index contributed by atoms with van der Waals surface area (Å²) >= 11 is 0. The first kappa shape index (κ1) is 84.0. The van der Waals surface area contributed by atoms with E-state index in [0.29, 0.717) is 12.8 Å². The third-order valence-corrected chi connectivity index (χ3v) is 17.6. The van der Waals surface area contributed by atoms with Gasteiger partial charge in [0.1, 0.15) is 48.8 Å². The van der Waals surface area contributed by atoms with E-state index in [2.05, 4.69) is 116 Å². The molecule has 0 saturated carbocycles. The Hall–Kier alpha value is -3.09. The molecule has 14 heteroatoms. The molecule has 2 aliphatic rings. The number of aliphatic hydroxyl groups excluding tert-OH is 8. The number of aliphatic hydroxyl groups is 8. The molecule has 12 unspecified atom stereocenters. The lowest BCUT2D eigenvalue weighted by Gasteiger charge is -2.46. The van der Waals surface area contributed by atoms with Gasteiger partial charge in [-0.2, -0.15) is 0 Å². The highest BCUT2D eigenvalue weighted by Crippen LogP contribution is 2.30. The Morgan fingerprint density at radius 2 is 0.758 bits per heavy atom. The van der Waals surface area contributed by atoms with E-state index < -0.39 is 86.8 Å². The molecule has 0 bridgehead atoms. The van der Waals surface area contributed by atoms with Gasteiger partial charge in [0.05, 0.1) is 32.0 Å². The van der Waals surface area contributed by atoms with Crippen molar-refractivity contribution in [3.63, 3.8) is 0 Å². The van der Waals surface area contributed by atoms with Crippen molar-refractivity contribution < 1.29 is 64.6 Å². The molecule has 0 aromatic rings. The zero-order chi connectivity index (χ0) is 65.9. The van der Waals surface area contributed by atoms with Crippen LogP contribution in [0.3, 0.4) is 0 Å².